The van der Waals surface area contributed by atoms with Gasteiger partial charge in [0.25, 0.3) is 0 Å². The highest BCUT2D eigenvalue weighted by Crippen LogP contribution is 2.40. The fourth-order valence-electron chi connectivity index (χ4n) is 4.38. The number of carbonyl (C=O) groups excluding carboxylic acids is 1. The average Bonchev–Trinajstić information content (AvgIpc) is 2.93. The topological polar surface area (TPSA) is 105 Å². The average molecular weight is 509 g/mol. The van der Waals surface area contributed by atoms with Gasteiger partial charge in [0.1, 0.15) is 11.6 Å². The van der Waals surface area contributed by atoms with Gasteiger partial charge in [-0.05, 0) is 37.0 Å². The summed E-state index contributed by atoms with van der Waals surface area (Å²) in [6.07, 6.45) is 8.91. The number of rotatable bonds is 14. The maximum absolute atomic E-state index is 11.1. The van der Waals surface area contributed by atoms with Gasteiger partial charge in [-0.2, -0.15) is 0 Å². The molecule has 2 aliphatic heterocycles. The lowest BCUT2D eigenvalue weighted by molar-refractivity contribution is -0.129. The fourth-order valence-corrected chi connectivity index (χ4v) is 4.38. The van der Waals surface area contributed by atoms with Gasteiger partial charge < -0.3 is 19.1 Å². The summed E-state index contributed by atoms with van der Waals surface area (Å²) in [5.41, 5.74) is 5.38. The highest BCUT2D eigenvalue weighted by Gasteiger charge is 2.27. The number of methoxy groups -OCH3 is 1. The molecule has 9 nitrogen and oxygen atoms in total. The Labute approximate surface area is 218 Å². The Morgan fingerprint density at radius 3 is 2.62 bits per heavy atom. The molecule has 4 rings (SSSR count). The number of hydrogen-bond donors (Lipinski definition) is 2. The molecule has 37 heavy (non-hydrogen) atoms. The van der Waals surface area contributed by atoms with Crippen LogP contribution in [0.25, 0.3) is 0 Å². The molecule has 9 heteroatoms. The zero-order valence-electron chi connectivity index (χ0n) is 21.7. The summed E-state index contributed by atoms with van der Waals surface area (Å²) >= 11 is 0. The normalized spacial score (nSPS) is 13.3. The quantitative estimate of drug-likeness (QED) is 0.194. The Kier molecular flexibility index (Phi) is 9.37. The molecule has 0 spiro atoms. The van der Waals surface area contributed by atoms with E-state index in [4.69, 9.17) is 24.4 Å². The van der Waals surface area contributed by atoms with Crippen molar-refractivity contribution in [3.63, 3.8) is 0 Å². The van der Waals surface area contributed by atoms with Gasteiger partial charge in [-0.25, -0.2) is 15.5 Å². The van der Waals surface area contributed by atoms with Crippen molar-refractivity contribution in [2.75, 3.05) is 20.3 Å². The second-order valence-electron chi connectivity index (χ2n) is 9.22. The maximum Gasteiger partial charge on any atom is 0.243 e. The third-order valence-corrected chi connectivity index (χ3v) is 6.45. The summed E-state index contributed by atoms with van der Waals surface area (Å²) in [4.78, 5) is 22.8. The second-order valence-corrected chi connectivity index (χ2v) is 9.22. The zero-order valence-corrected chi connectivity index (χ0v) is 21.7. The van der Waals surface area contributed by atoms with Gasteiger partial charge in [-0.1, -0.05) is 38.7 Å². The van der Waals surface area contributed by atoms with Crippen LogP contribution in [0.5, 0.6) is 17.2 Å². The molecule has 0 radical (unpaired) electrons. The van der Waals surface area contributed by atoms with Crippen molar-refractivity contribution in [1.82, 2.24) is 10.4 Å². The third kappa shape index (κ3) is 6.80. The van der Waals surface area contributed by atoms with Crippen molar-refractivity contribution in [2.24, 2.45) is 9.98 Å². The fraction of sp³-hybridized carbons (Fsp3) is 0.464. The number of amidine groups is 1. The highest BCUT2D eigenvalue weighted by molar-refractivity contribution is 6.12. The molecule has 2 aliphatic rings. The van der Waals surface area contributed by atoms with E-state index in [1.165, 1.54) is 6.42 Å². The van der Waals surface area contributed by atoms with Crippen LogP contribution in [-0.2, 0) is 11.3 Å². The van der Waals surface area contributed by atoms with E-state index in [1.54, 1.807) is 12.6 Å². The number of benzene rings is 2. The Morgan fingerprint density at radius 2 is 1.81 bits per heavy atom. The lowest BCUT2D eigenvalue weighted by Crippen LogP contribution is -2.34. The molecular formula is C28H36N4O5. The molecule has 0 atom stereocenters. The smallest absolute Gasteiger partial charge is 0.243 e. The standard InChI is InChI=1S/C28H36N4O5/c1-3-4-8-13-36-21-12-11-20-18-32-19-29-24-17-25(35-2)26(16-22(24)28(32)30-23(20)15-21)37-14-9-6-5-7-10-27(33)31-34/h11-12,15-17,19,34H,3-10,13-14,18H2,1-2H3,(H,31,33). The molecule has 2 aromatic rings. The van der Waals surface area contributed by atoms with Gasteiger partial charge in [0, 0.05) is 24.1 Å². The van der Waals surface area contributed by atoms with Crippen LogP contribution < -0.4 is 19.7 Å². The molecule has 0 aromatic heterocycles. The number of nitrogens with zero attached hydrogens (tertiary/aromatic N) is 3. The molecule has 0 aliphatic carbocycles. The number of fused-ring (bicyclic) bond motifs is 4. The van der Waals surface area contributed by atoms with Crippen molar-refractivity contribution in [3.05, 3.63) is 41.5 Å². The Hall–Kier alpha value is -3.59. The van der Waals surface area contributed by atoms with Crippen LogP contribution in [0, 0.1) is 0 Å². The minimum absolute atomic E-state index is 0.324. The summed E-state index contributed by atoms with van der Waals surface area (Å²) in [7, 11) is 1.62. The Balaban J connectivity index is 1.45. The van der Waals surface area contributed by atoms with Crippen LogP contribution in [0.4, 0.5) is 11.4 Å². The number of unbranched alkanes of at least 4 members (excludes halogenated alkanes) is 5. The van der Waals surface area contributed by atoms with E-state index in [-0.39, 0.29) is 5.91 Å². The monoisotopic (exact) mass is 508 g/mol. The second kappa shape index (κ2) is 13.1. The molecule has 2 N–H and O–H groups in total. The van der Waals surface area contributed by atoms with Crippen molar-refractivity contribution < 1.29 is 24.2 Å². The molecule has 0 fully saturated rings. The molecule has 1 amide bonds. The number of ether oxygens (including phenoxy) is 3. The predicted molar refractivity (Wildman–Crippen MR) is 143 cm³/mol. The zero-order chi connectivity index (χ0) is 26.0. The van der Waals surface area contributed by atoms with E-state index in [0.29, 0.717) is 37.7 Å². The van der Waals surface area contributed by atoms with Gasteiger partial charge in [0.15, 0.2) is 11.5 Å². The number of nitrogens with one attached hydrogen (secondary N) is 1. The summed E-state index contributed by atoms with van der Waals surface area (Å²) in [5.74, 6) is 2.60. The largest absolute Gasteiger partial charge is 0.494 e. The summed E-state index contributed by atoms with van der Waals surface area (Å²) in [6.45, 7) is 4.11. The summed E-state index contributed by atoms with van der Waals surface area (Å²) in [5, 5.41) is 8.56. The number of hydrogen-bond acceptors (Lipinski definition) is 8. The Morgan fingerprint density at radius 1 is 1.00 bits per heavy atom. The van der Waals surface area contributed by atoms with Gasteiger partial charge in [0.05, 0.1) is 44.6 Å². The van der Waals surface area contributed by atoms with Crippen molar-refractivity contribution >= 4 is 29.5 Å². The van der Waals surface area contributed by atoms with Crippen LogP contribution >= 0.6 is 0 Å². The highest BCUT2D eigenvalue weighted by atomic mass is 16.5. The number of hydroxylamine groups is 1. The van der Waals surface area contributed by atoms with E-state index < -0.39 is 0 Å². The van der Waals surface area contributed by atoms with Crippen molar-refractivity contribution in [3.8, 4) is 17.2 Å². The first-order valence-electron chi connectivity index (χ1n) is 13.1. The molecular weight excluding hydrogens is 472 g/mol. The lowest BCUT2D eigenvalue weighted by atomic mass is 10.0. The van der Waals surface area contributed by atoms with Crippen LogP contribution in [0.2, 0.25) is 0 Å². The number of aliphatic imine (C=N–C) groups is 2. The molecule has 0 saturated carbocycles. The van der Waals surface area contributed by atoms with Gasteiger partial charge in [-0.15, -0.1) is 0 Å². The molecule has 0 bridgehead atoms. The predicted octanol–water partition coefficient (Wildman–Crippen LogP) is 5.67. The molecule has 198 valence electrons. The van der Waals surface area contributed by atoms with Crippen LogP contribution in [-0.4, -0.2) is 48.5 Å². The summed E-state index contributed by atoms with van der Waals surface area (Å²) < 4.78 is 17.6. The van der Waals surface area contributed by atoms with Gasteiger partial charge in [-0.3, -0.25) is 10.0 Å². The molecule has 0 saturated heterocycles. The van der Waals surface area contributed by atoms with E-state index in [2.05, 4.69) is 18.0 Å². The van der Waals surface area contributed by atoms with Crippen LogP contribution in [0.15, 0.2) is 40.3 Å². The first-order valence-corrected chi connectivity index (χ1v) is 13.1. The van der Waals surface area contributed by atoms with E-state index in [9.17, 15) is 4.79 Å². The van der Waals surface area contributed by atoms with E-state index in [0.717, 1.165) is 72.6 Å². The third-order valence-electron chi connectivity index (χ3n) is 6.45. The van der Waals surface area contributed by atoms with Crippen molar-refractivity contribution in [1.29, 1.82) is 0 Å². The minimum Gasteiger partial charge on any atom is -0.494 e. The van der Waals surface area contributed by atoms with E-state index >= 15 is 0 Å². The molecule has 2 aromatic carbocycles. The maximum atomic E-state index is 11.1. The minimum atomic E-state index is -0.351. The van der Waals surface area contributed by atoms with Crippen LogP contribution in [0.1, 0.15) is 69.4 Å². The van der Waals surface area contributed by atoms with Crippen molar-refractivity contribution in [2.45, 2.75) is 64.8 Å². The number of amides is 1. The Bertz CT molecular complexity index is 1150. The SMILES string of the molecule is CCCCCOc1ccc2c(c1)N=C1c3cc(OCCCCCCC(=O)NO)c(OC)cc3N=CN1C2. The lowest BCUT2D eigenvalue weighted by Gasteiger charge is -2.31. The molecule has 0 unspecified atom stereocenters. The number of carbonyl (C=O) groups is 1. The van der Waals surface area contributed by atoms with Crippen LogP contribution in [0.3, 0.4) is 0 Å². The van der Waals surface area contributed by atoms with Gasteiger partial charge in [0.2, 0.25) is 5.91 Å². The molecule has 2 heterocycles. The first kappa shape index (κ1) is 26.5. The van der Waals surface area contributed by atoms with Gasteiger partial charge >= 0.3 is 0 Å². The first-order chi connectivity index (χ1) is 18.1. The van der Waals surface area contributed by atoms with E-state index in [1.807, 2.05) is 35.5 Å². The summed E-state index contributed by atoms with van der Waals surface area (Å²) in [6, 6.07) is 9.95.